The quantitative estimate of drug-likeness (QED) is 0.261. The number of unbranched alkanes of at least 4 members (excludes halogenated alkanes) is 1. The van der Waals surface area contributed by atoms with Gasteiger partial charge in [0.05, 0.1) is 11.4 Å². The van der Waals surface area contributed by atoms with Gasteiger partial charge in [-0.1, -0.05) is 58.3 Å². The molecule has 1 unspecified atom stereocenters. The topological polar surface area (TPSA) is 107 Å². The van der Waals surface area contributed by atoms with Crippen molar-refractivity contribution in [1.29, 1.82) is 0 Å². The van der Waals surface area contributed by atoms with E-state index in [0.717, 1.165) is 29.3 Å². The highest BCUT2D eigenvalue weighted by molar-refractivity contribution is 8.77. The van der Waals surface area contributed by atoms with E-state index in [1.54, 1.807) is 18.3 Å². The first kappa shape index (κ1) is 23.5. The predicted molar refractivity (Wildman–Crippen MR) is 144 cm³/mol. The Morgan fingerprint density at radius 3 is 2.66 bits per heavy atom. The van der Waals surface area contributed by atoms with Crippen molar-refractivity contribution in [1.82, 2.24) is 19.2 Å². The third-order valence-electron chi connectivity index (χ3n) is 5.90. The van der Waals surface area contributed by atoms with Crippen LogP contribution in [0.4, 0.5) is 11.5 Å². The van der Waals surface area contributed by atoms with Crippen LogP contribution in [0.1, 0.15) is 32.1 Å². The number of fused-ring (bicyclic) bond motifs is 1. The van der Waals surface area contributed by atoms with Gasteiger partial charge in [-0.3, -0.25) is 4.79 Å². The summed E-state index contributed by atoms with van der Waals surface area (Å²) in [6, 6.07) is 16.5. The highest BCUT2D eigenvalue weighted by Gasteiger charge is 2.16. The molecule has 1 fully saturated rings. The number of hydrogen-bond donors (Lipinski definition) is 2. The van der Waals surface area contributed by atoms with E-state index in [-0.39, 0.29) is 17.4 Å². The number of rotatable bonds is 8. The van der Waals surface area contributed by atoms with Crippen molar-refractivity contribution in [2.75, 3.05) is 16.8 Å². The molecule has 1 amide bonds. The van der Waals surface area contributed by atoms with E-state index < -0.39 is 0 Å². The lowest BCUT2D eigenvalue weighted by Crippen LogP contribution is -2.19. The van der Waals surface area contributed by atoms with E-state index in [1.807, 2.05) is 64.1 Å². The van der Waals surface area contributed by atoms with Crippen LogP contribution in [0.15, 0.2) is 65.6 Å². The summed E-state index contributed by atoms with van der Waals surface area (Å²) in [7, 11) is 3.94. The van der Waals surface area contributed by atoms with Crippen LogP contribution < -0.4 is 16.7 Å². The van der Waals surface area contributed by atoms with Gasteiger partial charge >= 0.3 is 5.69 Å². The lowest BCUT2D eigenvalue weighted by molar-refractivity contribution is -0.116. The van der Waals surface area contributed by atoms with Crippen LogP contribution in [0.5, 0.6) is 0 Å². The van der Waals surface area contributed by atoms with Gasteiger partial charge in [-0.25, -0.2) is 14.2 Å². The number of amides is 1. The van der Waals surface area contributed by atoms with Gasteiger partial charge in [0.15, 0.2) is 5.82 Å². The van der Waals surface area contributed by atoms with Crippen molar-refractivity contribution in [3.05, 3.63) is 71.3 Å². The van der Waals surface area contributed by atoms with E-state index in [2.05, 4.69) is 15.4 Å². The van der Waals surface area contributed by atoms with Gasteiger partial charge in [0, 0.05) is 34.9 Å². The second-order valence-corrected chi connectivity index (χ2v) is 11.2. The summed E-state index contributed by atoms with van der Waals surface area (Å²) in [5.41, 5.74) is 8.83. The zero-order chi connectivity index (χ0) is 24.2. The highest BCUT2D eigenvalue weighted by atomic mass is 33.1. The number of carbonyl (C=O) groups is 1. The fourth-order valence-electron chi connectivity index (χ4n) is 4.05. The molecule has 10 heteroatoms. The van der Waals surface area contributed by atoms with Crippen LogP contribution in [0.2, 0.25) is 0 Å². The molecule has 1 saturated heterocycles. The van der Waals surface area contributed by atoms with Crippen LogP contribution in [0, 0.1) is 0 Å². The fourth-order valence-corrected chi connectivity index (χ4v) is 7.07. The smallest absolute Gasteiger partial charge is 0.355 e. The maximum Gasteiger partial charge on any atom is 0.355 e. The molecule has 8 nitrogen and oxygen atoms in total. The Hall–Kier alpha value is -3.24. The second kappa shape index (κ2) is 10.6. The molecular weight excluding hydrogens is 480 g/mol. The number of benzene rings is 2. The summed E-state index contributed by atoms with van der Waals surface area (Å²) < 4.78 is 2.71. The Bertz CT molecular complexity index is 1380. The van der Waals surface area contributed by atoms with Gasteiger partial charge in [0.2, 0.25) is 11.6 Å². The molecule has 3 N–H and O–H groups in total. The molecule has 35 heavy (non-hydrogen) atoms. The van der Waals surface area contributed by atoms with E-state index in [9.17, 15) is 9.59 Å². The second-order valence-electron chi connectivity index (χ2n) is 8.44. The fraction of sp³-hybridized carbons (Fsp3) is 0.280. The van der Waals surface area contributed by atoms with Crippen molar-refractivity contribution in [3.8, 4) is 16.9 Å². The summed E-state index contributed by atoms with van der Waals surface area (Å²) in [5.74, 6) is 1.44. The average molecular weight is 507 g/mol. The van der Waals surface area contributed by atoms with Crippen molar-refractivity contribution in [3.63, 3.8) is 0 Å². The normalized spacial score (nSPS) is 15.5. The number of hydrogen-bond acceptors (Lipinski definition) is 7. The Kier molecular flexibility index (Phi) is 7.10. The van der Waals surface area contributed by atoms with Crippen LogP contribution >= 0.6 is 21.6 Å². The number of nitrogens with two attached hydrogens (primary N) is 1. The van der Waals surface area contributed by atoms with Gasteiger partial charge in [0.1, 0.15) is 0 Å². The number of aromatic nitrogens is 4. The number of nitrogen functional groups attached to an aromatic ring is 1. The Labute approximate surface area is 210 Å². The molecule has 4 aromatic rings. The maximum atomic E-state index is 13.0. The summed E-state index contributed by atoms with van der Waals surface area (Å²) in [6.07, 6.45) is 6.62. The summed E-state index contributed by atoms with van der Waals surface area (Å²) in [6.45, 7) is 0. The van der Waals surface area contributed by atoms with Gasteiger partial charge < -0.3 is 11.1 Å². The van der Waals surface area contributed by atoms with Gasteiger partial charge in [0.25, 0.3) is 0 Å². The highest BCUT2D eigenvalue weighted by Crippen LogP contribution is 2.39. The first-order valence-corrected chi connectivity index (χ1v) is 14.0. The van der Waals surface area contributed by atoms with Crippen molar-refractivity contribution >= 4 is 44.6 Å². The molecule has 1 aliphatic rings. The van der Waals surface area contributed by atoms with Gasteiger partial charge in [-0.2, -0.15) is 4.68 Å². The molecule has 5 rings (SSSR count). The molecular formula is C25H26N6O2S2. The Morgan fingerprint density at radius 2 is 1.91 bits per heavy atom. The number of nitrogens with one attached hydrogen (secondary N) is 1. The molecule has 0 spiro atoms. The first-order chi connectivity index (χ1) is 17.1. The van der Waals surface area contributed by atoms with E-state index in [4.69, 9.17) is 5.73 Å². The van der Waals surface area contributed by atoms with E-state index >= 15 is 0 Å². The van der Waals surface area contributed by atoms with Gasteiger partial charge in [-0.05, 0) is 43.5 Å². The molecule has 1 atom stereocenters. The minimum Gasteiger partial charge on any atom is -0.381 e. The maximum absolute atomic E-state index is 13.0. The molecule has 0 saturated carbocycles. The minimum atomic E-state index is -0.323. The molecule has 3 heterocycles. The standard InChI is InChI=1S/C25H26N6O2S2/c26-23-24-29-31(19-6-2-1-3-7-19)25(33)30(24)16-21(28-23)17-10-12-18(13-11-17)27-22(32)9-5-4-8-20-14-15-34-35-20/h1-3,6-7,10-13,16,20H,4-5,8-9,14-15H2,(H2,26,28)(H,27,32). The average Bonchev–Trinajstić information content (AvgIpc) is 3.51. The molecule has 0 radical (unpaired) electrons. The third kappa shape index (κ3) is 5.38. The molecule has 0 aliphatic carbocycles. The lowest BCUT2D eigenvalue weighted by Gasteiger charge is -2.08. The van der Waals surface area contributed by atoms with Crippen LogP contribution in [0.25, 0.3) is 22.6 Å². The summed E-state index contributed by atoms with van der Waals surface area (Å²) in [5, 5.41) is 8.06. The third-order valence-corrected chi connectivity index (χ3v) is 8.91. The molecule has 2 aromatic heterocycles. The SMILES string of the molecule is Nc1nc(-c2ccc(NC(=O)CCCCC3CCSS3)cc2)cn2c(=O)n(-c3ccccc3)nc12. The van der Waals surface area contributed by atoms with Crippen LogP contribution in [-0.2, 0) is 4.79 Å². The zero-order valence-electron chi connectivity index (χ0n) is 19.1. The molecule has 2 aromatic carbocycles. The Balaban J connectivity index is 1.26. The predicted octanol–water partition coefficient (Wildman–Crippen LogP) is 4.78. The van der Waals surface area contributed by atoms with Crippen LogP contribution in [-0.4, -0.2) is 36.1 Å². The number of anilines is 2. The summed E-state index contributed by atoms with van der Waals surface area (Å²) in [4.78, 5) is 29.7. The number of carbonyl (C=O) groups excluding carboxylic acids is 1. The molecule has 0 bridgehead atoms. The summed E-state index contributed by atoms with van der Waals surface area (Å²) >= 11 is 0. The Morgan fingerprint density at radius 1 is 1.11 bits per heavy atom. The van der Waals surface area contributed by atoms with Crippen molar-refractivity contribution < 1.29 is 4.79 Å². The minimum absolute atomic E-state index is 0.0230. The largest absolute Gasteiger partial charge is 0.381 e. The lowest BCUT2D eigenvalue weighted by atomic mass is 10.1. The van der Waals surface area contributed by atoms with E-state index in [1.165, 1.54) is 27.7 Å². The van der Waals surface area contributed by atoms with Crippen molar-refractivity contribution in [2.24, 2.45) is 0 Å². The van der Waals surface area contributed by atoms with Crippen LogP contribution in [0.3, 0.4) is 0 Å². The van der Waals surface area contributed by atoms with Crippen molar-refractivity contribution in [2.45, 2.75) is 37.4 Å². The zero-order valence-corrected chi connectivity index (χ0v) is 20.7. The number of para-hydroxylation sites is 1. The molecule has 180 valence electrons. The monoisotopic (exact) mass is 506 g/mol. The first-order valence-electron chi connectivity index (χ1n) is 11.6. The van der Waals surface area contributed by atoms with Gasteiger partial charge in [-0.15, -0.1) is 5.10 Å². The molecule has 1 aliphatic heterocycles. The number of nitrogens with zero attached hydrogens (tertiary/aromatic N) is 4. The van der Waals surface area contributed by atoms with E-state index in [0.29, 0.717) is 23.4 Å².